The van der Waals surface area contributed by atoms with Crippen LogP contribution in [0, 0.1) is 0 Å². The van der Waals surface area contributed by atoms with Crippen molar-refractivity contribution in [2.75, 3.05) is 12.8 Å². The summed E-state index contributed by atoms with van der Waals surface area (Å²) in [6.07, 6.45) is 6.72. The van der Waals surface area contributed by atoms with Crippen LogP contribution in [0.15, 0.2) is 0 Å². The molecule has 0 aromatic carbocycles. The molecule has 116 valence electrons. The average Bonchev–Trinajstić information content (AvgIpc) is 2.91. The molecule has 6 heteroatoms. The molecule has 0 saturated heterocycles. The highest BCUT2D eigenvalue weighted by molar-refractivity contribution is 8.00. The van der Waals surface area contributed by atoms with E-state index in [0.29, 0.717) is 19.4 Å². The van der Waals surface area contributed by atoms with Crippen molar-refractivity contribution in [3.05, 3.63) is 0 Å². The number of aliphatic carboxylic acids is 1. The highest BCUT2D eigenvalue weighted by Gasteiger charge is 2.42. The number of thioether (sulfide) groups is 1. The van der Waals surface area contributed by atoms with Crippen molar-refractivity contribution in [3.8, 4) is 0 Å². The number of urea groups is 1. The molecule has 2 amide bonds. The van der Waals surface area contributed by atoms with Gasteiger partial charge in [0, 0.05) is 11.3 Å². The first-order valence-electron chi connectivity index (χ1n) is 7.28. The van der Waals surface area contributed by atoms with Gasteiger partial charge in [-0.1, -0.05) is 26.7 Å². The SMILES string of the molecule is CCC(CC)(CNC(=O)NC1(C(=O)O)CCCC1)SC. The van der Waals surface area contributed by atoms with E-state index in [1.54, 1.807) is 11.8 Å². The molecule has 5 nitrogen and oxygen atoms in total. The van der Waals surface area contributed by atoms with Crippen molar-refractivity contribution < 1.29 is 14.7 Å². The van der Waals surface area contributed by atoms with Crippen molar-refractivity contribution in [1.82, 2.24) is 10.6 Å². The summed E-state index contributed by atoms with van der Waals surface area (Å²) in [6.45, 7) is 4.77. The molecule has 1 fully saturated rings. The van der Waals surface area contributed by atoms with E-state index >= 15 is 0 Å². The van der Waals surface area contributed by atoms with Crippen LogP contribution in [0.4, 0.5) is 4.79 Å². The van der Waals surface area contributed by atoms with Crippen LogP contribution in [0.2, 0.25) is 0 Å². The van der Waals surface area contributed by atoms with E-state index in [2.05, 4.69) is 24.5 Å². The molecule has 0 aromatic heterocycles. The number of carboxylic acid groups (broad SMARTS) is 1. The van der Waals surface area contributed by atoms with E-state index in [-0.39, 0.29) is 10.8 Å². The smallest absolute Gasteiger partial charge is 0.329 e. The maximum atomic E-state index is 12.0. The van der Waals surface area contributed by atoms with Crippen molar-refractivity contribution in [2.45, 2.75) is 62.7 Å². The zero-order chi connectivity index (χ0) is 15.2. The van der Waals surface area contributed by atoms with Gasteiger partial charge in [-0.05, 0) is 31.9 Å². The van der Waals surface area contributed by atoms with Gasteiger partial charge in [0.2, 0.25) is 0 Å². The summed E-state index contributed by atoms with van der Waals surface area (Å²) in [7, 11) is 0. The van der Waals surface area contributed by atoms with E-state index in [0.717, 1.165) is 25.7 Å². The molecule has 0 spiro atoms. The topological polar surface area (TPSA) is 78.4 Å². The standard InChI is InChI=1S/C14H26N2O3S/c1-4-13(5-2,20-3)10-15-12(19)16-14(11(17)18)8-6-7-9-14/h4-10H2,1-3H3,(H,17,18)(H2,15,16,19). The Bertz CT molecular complexity index is 342. The summed E-state index contributed by atoms with van der Waals surface area (Å²) in [6, 6.07) is -0.366. The Morgan fingerprint density at radius 2 is 1.80 bits per heavy atom. The molecule has 3 N–H and O–H groups in total. The Morgan fingerprint density at radius 1 is 1.25 bits per heavy atom. The molecule has 0 aromatic rings. The third kappa shape index (κ3) is 3.81. The molecule has 0 unspecified atom stereocenters. The molecule has 1 rings (SSSR count). The first-order valence-corrected chi connectivity index (χ1v) is 8.50. The van der Waals surface area contributed by atoms with Crippen LogP contribution in [-0.2, 0) is 4.79 Å². The number of hydrogen-bond acceptors (Lipinski definition) is 3. The van der Waals surface area contributed by atoms with Crippen LogP contribution in [0.5, 0.6) is 0 Å². The quantitative estimate of drug-likeness (QED) is 0.675. The fraction of sp³-hybridized carbons (Fsp3) is 0.857. The Labute approximate surface area is 125 Å². The van der Waals surface area contributed by atoms with Crippen LogP contribution in [-0.4, -0.2) is 40.2 Å². The number of nitrogens with one attached hydrogen (secondary N) is 2. The van der Waals surface area contributed by atoms with Gasteiger partial charge in [-0.2, -0.15) is 11.8 Å². The lowest BCUT2D eigenvalue weighted by molar-refractivity contribution is -0.144. The third-order valence-corrected chi connectivity index (χ3v) is 6.10. The molecule has 0 radical (unpaired) electrons. The average molecular weight is 302 g/mol. The van der Waals surface area contributed by atoms with Crippen LogP contribution in [0.25, 0.3) is 0 Å². The minimum atomic E-state index is -1.06. The fourth-order valence-electron chi connectivity index (χ4n) is 2.73. The van der Waals surface area contributed by atoms with Crippen molar-refractivity contribution in [3.63, 3.8) is 0 Å². The van der Waals surface area contributed by atoms with Crippen LogP contribution < -0.4 is 10.6 Å². The summed E-state index contributed by atoms with van der Waals surface area (Å²) < 4.78 is 0.0312. The molecule has 0 aliphatic heterocycles. The lowest BCUT2D eigenvalue weighted by Gasteiger charge is -2.31. The Balaban J connectivity index is 2.57. The van der Waals surface area contributed by atoms with E-state index < -0.39 is 11.5 Å². The highest BCUT2D eigenvalue weighted by Crippen LogP contribution is 2.31. The highest BCUT2D eigenvalue weighted by atomic mass is 32.2. The normalized spacial score (nSPS) is 17.8. The van der Waals surface area contributed by atoms with E-state index in [1.165, 1.54) is 0 Å². The summed E-state index contributed by atoms with van der Waals surface area (Å²) >= 11 is 1.75. The zero-order valence-corrected chi connectivity index (χ0v) is 13.4. The minimum Gasteiger partial charge on any atom is -0.480 e. The van der Waals surface area contributed by atoms with Gasteiger partial charge in [0.05, 0.1) is 0 Å². The molecule has 0 heterocycles. The minimum absolute atomic E-state index is 0.0312. The van der Waals surface area contributed by atoms with Gasteiger partial charge in [0.25, 0.3) is 0 Å². The Morgan fingerprint density at radius 3 is 2.20 bits per heavy atom. The first-order chi connectivity index (χ1) is 9.43. The first kappa shape index (κ1) is 17.1. The fourth-order valence-corrected chi connectivity index (χ4v) is 3.53. The molecule has 1 aliphatic carbocycles. The molecule has 20 heavy (non-hydrogen) atoms. The van der Waals surface area contributed by atoms with Crippen LogP contribution in [0.3, 0.4) is 0 Å². The second-order valence-electron chi connectivity index (χ2n) is 5.50. The molecule has 1 aliphatic rings. The number of carbonyl (C=O) groups is 2. The molecular weight excluding hydrogens is 276 g/mol. The Kier molecular flexibility index (Phi) is 6.17. The largest absolute Gasteiger partial charge is 0.480 e. The summed E-state index contributed by atoms with van der Waals surface area (Å²) in [4.78, 5) is 23.4. The Hall–Kier alpha value is -0.910. The molecule has 1 saturated carbocycles. The molecule has 0 bridgehead atoms. The summed E-state index contributed by atoms with van der Waals surface area (Å²) in [5.41, 5.74) is -1.06. The maximum absolute atomic E-state index is 12.0. The summed E-state index contributed by atoms with van der Waals surface area (Å²) in [5, 5.41) is 14.9. The van der Waals surface area contributed by atoms with Gasteiger partial charge in [-0.3, -0.25) is 0 Å². The predicted molar refractivity (Wildman–Crippen MR) is 82.2 cm³/mol. The lowest BCUT2D eigenvalue weighted by Crippen LogP contribution is -2.56. The van der Waals surface area contributed by atoms with Crippen LogP contribution in [0.1, 0.15) is 52.4 Å². The van der Waals surface area contributed by atoms with Gasteiger partial charge >= 0.3 is 12.0 Å². The van der Waals surface area contributed by atoms with Gasteiger partial charge in [0.1, 0.15) is 5.54 Å². The number of carboxylic acids is 1. The number of hydrogen-bond donors (Lipinski definition) is 3. The monoisotopic (exact) mass is 302 g/mol. The van der Waals surface area contributed by atoms with Crippen molar-refractivity contribution in [1.29, 1.82) is 0 Å². The van der Waals surface area contributed by atoms with E-state index in [9.17, 15) is 14.7 Å². The molecule has 0 atom stereocenters. The van der Waals surface area contributed by atoms with Crippen LogP contribution >= 0.6 is 11.8 Å². The van der Waals surface area contributed by atoms with Gasteiger partial charge in [0.15, 0.2) is 0 Å². The number of carbonyl (C=O) groups excluding carboxylic acids is 1. The van der Waals surface area contributed by atoms with Crippen molar-refractivity contribution >= 4 is 23.8 Å². The molecular formula is C14H26N2O3S. The number of rotatable bonds is 7. The zero-order valence-electron chi connectivity index (χ0n) is 12.6. The van der Waals surface area contributed by atoms with Gasteiger partial charge < -0.3 is 15.7 Å². The third-order valence-electron chi connectivity index (χ3n) is 4.51. The van der Waals surface area contributed by atoms with E-state index in [1.807, 2.05) is 6.26 Å². The van der Waals surface area contributed by atoms with Gasteiger partial charge in [-0.15, -0.1) is 0 Å². The lowest BCUT2D eigenvalue weighted by atomic mass is 9.98. The van der Waals surface area contributed by atoms with E-state index in [4.69, 9.17) is 0 Å². The predicted octanol–water partition coefficient (Wildman–Crippen LogP) is 2.60. The second-order valence-corrected chi connectivity index (χ2v) is 6.77. The second kappa shape index (κ2) is 7.20. The van der Waals surface area contributed by atoms with Crippen molar-refractivity contribution in [2.24, 2.45) is 0 Å². The maximum Gasteiger partial charge on any atom is 0.329 e. The summed E-state index contributed by atoms with van der Waals surface area (Å²) in [5.74, 6) is -0.924. The number of amides is 2. The van der Waals surface area contributed by atoms with Gasteiger partial charge in [-0.25, -0.2) is 9.59 Å².